The fourth-order valence-corrected chi connectivity index (χ4v) is 3.17. The van der Waals surface area contributed by atoms with Gasteiger partial charge >= 0.3 is 0 Å². The highest BCUT2D eigenvalue weighted by atomic mass is 16.3. The predicted molar refractivity (Wildman–Crippen MR) is 103 cm³/mol. The number of hydrogen-bond donors (Lipinski definition) is 3. The van der Waals surface area contributed by atoms with Crippen molar-refractivity contribution in [2.75, 3.05) is 44.6 Å². The van der Waals surface area contributed by atoms with Gasteiger partial charge in [0.1, 0.15) is 17.4 Å². The van der Waals surface area contributed by atoms with Crippen molar-refractivity contribution in [3.05, 3.63) is 48.2 Å². The Morgan fingerprint density at radius 3 is 2.56 bits per heavy atom. The molecule has 7 heteroatoms. The zero-order valence-electron chi connectivity index (χ0n) is 14.9. The molecule has 0 atom stereocenters. The maximum absolute atomic E-state index is 12.6. The molecular weight excluding hydrogens is 344 g/mol. The number of rotatable bonds is 5. The van der Waals surface area contributed by atoms with Crippen LogP contribution in [0.4, 0.5) is 5.69 Å². The molecule has 2 aromatic rings. The number of fused-ring (bicyclic) bond motifs is 1. The summed E-state index contributed by atoms with van der Waals surface area (Å²) in [6.45, 7) is 3.71. The van der Waals surface area contributed by atoms with Crippen molar-refractivity contribution in [2.45, 2.75) is 0 Å². The highest BCUT2D eigenvalue weighted by Gasteiger charge is 2.17. The zero-order valence-corrected chi connectivity index (χ0v) is 14.9. The first-order valence-electron chi connectivity index (χ1n) is 8.83. The average molecular weight is 366 g/mol. The maximum Gasteiger partial charge on any atom is 0.267 e. The Bertz CT molecular complexity index is 896. The van der Waals surface area contributed by atoms with Crippen LogP contribution in [0.3, 0.4) is 0 Å². The lowest BCUT2D eigenvalue weighted by Crippen LogP contribution is -2.45. The van der Waals surface area contributed by atoms with Crippen molar-refractivity contribution in [3.63, 3.8) is 0 Å². The Balaban J connectivity index is 1.73. The van der Waals surface area contributed by atoms with Crippen LogP contribution in [0.5, 0.6) is 5.75 Å². The number of amides is 1. The van der Waals surface area contributed by atoms with Gasteiger partial charge in [-0.25, -0.2) is 0 Å². The number of phenols is 1. The Labute approximate surface area is 157 Å². The van der Waals surface area contributed by atoms with E-state index in [-0.39, 0.29) is 17.9 Å². The van der Waals surface area contributed by atoms with Gasteiger partial charge in [-0.05, 0) is 12.1 Å². The van der Waals surface area contributed by atoms with E-state index in [1.807, 2.05) is 11.0 Å². The minimum absolute atomic E-state index is 0.0303. The number of benzene rings is 2. The highest BCUT2D eigenvalue weighted by molar-refractivity contribution is 6.11. The third kappa shape index (κ3) is 4.37. The van der Waals surface area contributed by atoms with Crippen LogP contribution in [0.25, 0.3) is 10.8 Å². The molecule has 0 aromatic heterocycles. The molecule has 1 amide bonds. The maximum atomic E-state index is 12.6. The molecule has 140 valence electrons. The number of nitriles is 1. The largest absolute Gasteiger partial charge is 0.507 e. The summed E-state index contributed by atoms with van der Waals surface area (Å²) in [6, 6.07) is 12.3. The van der Waals surface area contributed by atoms with E-state index in [0.717, 1.165) is 13.1 Å². The molecule has 1 fully saturated rings. The van der Waals surface area contributed by atoms with Crippen molar-refractivity contribution in [1.29, 1.82) is 5.26 Å². The summed E-state index contributed by atoms with van der Waals surface area (Å²) in [5.41, 5.74) is 0.574. The van der Waals surface area contributed by atoms with Gasteiger partial charge in [0.15, 0.2) is 0 Å². The van der Waals surface area contributed by atoms with Crippen LogP contribution in [0.1, 0.15) is 0 Å². The number of carbonyl (C=O) groups is 1. The van der Waals surface area contributed by atoms with Gasteiger partial charge in [-0.3, -0.25) is 9.69 Å². The molecule has 7 nitrogen and oxygen atoms in total. The van der Waals surface area contributed by atoms with Crippen molar-refractivity contribution in [1.82, 2.24) is 9.80 Å². The minimum atomic E-state index is -0.480. The van der Waals surface area contributed by atoms with Crippen LogP contribution < -0.4 is 5.32 Å². The summed E-state index contributed by atoms with van der Waals surface area (Å²) in [6.07, 6.45) is 1.59. The monoisotopic (exact) mass is 366 g/mol. The number of carbonyl (C=O) groups excluding carboxylic acids is 1. The SMILES string of the molecule is N#C/C(=C/N1CCN(CCO)CC1)C(=O)Nc1cccc2c(O)cccc12. The van der Waals surface area contributed by atoms with E-state index < -0.39 is 5.91 Å². The lowest BCUT2D eigenvalue weighted by Gasteiger charge is -2.33. The number of aromatic hydroxyl groups is 1. The van der Waals surface area contributed by atoms with Crippen molar-refractivity contribution in [3.8, 4) is 11.8 Å². The second kappa shape index (κ2) is 8.54. The Kier molecular flexibility index (Phi) is 5.91. The number of nitrogens with zero attached hydrogens (tertiary/aromatic N) is 3. The molecule has 0 unspecified atom stereocenters. The summed E-state index contributed by atoms with van der Waals surface area (Å²) < 4.78 is 0. The molecule has 1 heterocycles. The van der Waals surface area contributed by atoms with Gasteiger partial charge in [0.2, 0.25) is 0 Å². The van der Waals surface area contributed by atoms with Crippen LogP contribution in [0.15, 0.2) is 48.2 Å². The van der Waals surface area contributed by atoms with E-state index in [2.05, 4.69) is 10.2 Å². The fraction of sp³-hybridized carbons (Fsp3) is 0.300. The van der Waals surface area contributed by atoms with Crippen molar-refractivity contribution >= 4 is 22.4 Å². The summed E-state index contributed by atoms with van der Waals surface area (Å²) in [5.74, 6) is -0.341. The second-order valence-electron chi connectivity index (χ2n) is 6.39. The van der Waals surface area contributed by atoms with Crippen LogP contribution in [-0.2, 0) is 4.79 Å². The van der Waals surface area contributed by atoms with E-state index in [1.54, 1.807) is 42.6 Å². The molecule has 0 saturated carbocycles. The van der Waals surface area contributed by atoms with Gasteiger partial charge in [0.05, 0.1) is 6.61 Å². The number of nitrogens with one attached hydrogen (secondary N) is 1. The molecule has 27 heavy (non-hydrogen) atoms. The number of hydrogen-bond acceptors (Lipinski definition) is 6. The first kappa shape index (κ1) is 18.7. The summed E-state index contributed by atoms with van der Waals surface area (Å²) in [7, 11) is 0. The topological polar surface area (TPSA) is 99.8 Å². The second-order valence-corrected chi connectivity index (χ2v) is 6.39. The third-order valence-electron chi connectivity index (χ3n) is 4.65. The standard InChI is InChI=1S/C20H22N4O3/c21-13-15(14-24-9-7-23(8-10-24)11-12-25)20(27)22-18-5-1-4-17-16(18)3-2-6-19(17)26/h1-6,14,25-26H,7-12H2,(H,22,27)/b15-14-. The van der Waals surface area contributed by atoms with Gasteiger partial charge < -0.3 is 20.4 Å². The van der Waals surface area contributed by atoms with E-state index in [9.17, 15) is 15.2 Å². The Morgan fingerprint density at radius 2 is 1.85 bits per heavy atom. The van der Waals surface area contributed by atoms with E-state index in [0.29, 0.717) is 36.1 Å². The van der Waals surface area contributed by atoms with Crippen LogP contribution in [-0.4, -0.2) is 65.3 Å². The molecule has 0 radical (unpaired) electrons. The molecule has 2 aromatic carbocycles. The van der Waals surface area contributed by atoms with E-state index >= 15 is 0 Å². The van der Waals surface area contributed by atoms with E-state index in [4.69, 9.17) is 5.11 Å². The van der Waals surface area contributed by atoms with Crippen LogP contribution in [0, 0.1) is 11.3 Å². The molecule has 1 aliphatic heterocycles. The number of β-amino-alcohol motifs (C(OH)–C–C–N with tert-alkyl or cyclic N) is 1. The number of aliphatic hydroxyl groups is 1. The molecular formula is C20H22N4O3. The number of aliphatic hydroxyl groups excluding tert-OH is 1. The lowest BCUT2D eigenvalue weighted by molar-refractivity contribution is -0.112. The number of anilines is 1. The lowest BCUT2D eigenvalue weighted by atomic mass is 10.1. The number of phenolic OH excluding ortho intramolecular Hbond substituents is 1. The molecule has 1 aliphatic rings. The highest BCUT2D eigenvalue weighted by Crippen LogP contribution is 2.30. The quantitative estimate of drug-likeness (QED) is 0.548. The zero-order chi connectivity index (χ0) is 19.2. The molecule has 0 spiro atoms. The van der Waals surface area contributed by atoms with Gasteiger partial charge in [-0.2, -0.15) is 5.26 Å². The first-order valence-corrected chi connectivity index (χ1v) is 8.83. The van der Waals surface area contributed by atoms with Crippen LogP contribution in [0.2, 0.25) is 0 Å². The summed E-state index contributed by atoms with van der Waals surface area (Å²) in [4.78, 5) is 16.7. The normalized spacial score (nSPS) is 15.6. The smallest absolute Gasteiger partial charge is 0.267 e. The van der Waals surface area contributed by atoms with E-state index in [1.165, 1.54) is 0 Å². The molecule has 3 rings (SSSR count). The van der Waals surface area contributed by atoms with Gasteiger partial charge in [-0.1, -0.05) is 24.3 Å². The summed E-state index contributed by atoms with van der Waals surface area (Å²) in [5, 5.41) is 32.5. The first-order chi connectivity index (χ1) is 13.1. The van der Waals surface area contributed by atoms with Crippen molar-refractivity contribution < 1.29 is 15.0 Å². The number of piperazine rings is 1. The summed E-state index contributed by atoms with van der Waals surface area (Å²) >= 11 is 0. The van der Waals surface area contributed by atoms with Gasteiger partial charge in [0.25, 0.3) is 5.91 Å². The van der Waals surface area contributed by atoms with Gasteiger partial charge in [-0.15, -0.1) is 0 Å². The average Bonchev–Trinajstić information content (AvgIpc) is 2.68. The molecule has 0 bridgehead atoms. The third-order valence-corrected chi connectivity index (χ3v) is 4.65. The van der Waals surface area contributed by atoms with Gasteiger partial charge in [0, 0.05) is 55.4 Å². The Morgan fingerprint density at radius 1 is 1.15 bits per heavy atom. The molecule has 1 saturated heterocycles. The van der Waals surface area contributed by atoms with Crippen molar-refractivity contribution in [2.24, 2.45) is 0 Å². The fourth-order valence-electron chi connectivity index (χ4n) is 3.17. The minimum Gasteiger partial charge on any atom is -0.507 e. The Hall–Kier alpha value is -3.08. The molecule has 0 aliphatic carbocycles. The predicted octanol–water partition coefficient (Wildman–Crippen LogP) is 1.50. The molecule has 3 N–H and O–H groups in total. The van der Waals surface area contributed by atoms with Crippen LogP contribution >= 0.6 is 0 Å².